The topological polar surface area (TPSA) is 87.7 Å². The highest BCUT2D eigenvalue weighted by atomic mass is 16.5. The molecule has 0 amide bonds. The fourth-order valence-electron chi connectivity index (χ4n) is 4.01. The van der Waals surface area contributed by atoms with E-state index >= 15 is 0 Å². The van der Waals surface area contributed by atoms with E-state index in [1.807, 2.05) is 12.2 Å². The van der Waals surface area contributed by atoms with Gasteiger partial charge in [-0.3, -0.25) is 0 Å². The average molecular weight is 435 g/mol. The Hall–Kier alpha value is -2.77. The van der Waals surface area contributed by atoms with Crippen molar-refractivity contribution in [2.75, 3.05) is 19.8 Å². The van der Waals surface area contributed by atoms with E-state index in [1.54, 1.807) is 23.9 Å². The van der Waals surface area contributed by atoms with Crippen molar-refractivity contribution >= 4 is 6.08 Å². The first-order chi connectivity index (χ1) is 15.6. The number of imidazole rings is 1. The summed E-state index contributed by atoms with van der Waals surface area (Å²) in [7, 11) is 0. The van der Waals surface area contributed by atoms with E-state index in [-0.39, 0.29) is 25.4 Å². The van der Waals surface area contributed by atoms with Crippen LogP contribution in [-0.2, 0) is 4.74 Å². The molecule has 3 N–H and O–H groups in total. The molecular weight excluding hydrogens is 404 g/mol. The number of aliphatic hydroxyl groups excluding tert-OH is 3. The summed E-state index contributed by atoms with van der Waals surface area (Å²) in [6.45, 7) is 2.06. The van der Waals surface area contributed by atoms with Gasteiger partial charge in [0, 0.05) is 18.3 Å². The summed E-state index contributed by atoms with van der Waals surface area (Å²) in [4.78, 5) is 4.17. The summed E-state index contributed by atoms with van der Waals surface area (Å²) in [5.41, 5.74) is 4.61. The molecule has 0 saturated heterocycles. The molecule has 1 aliphatic carbocycles. The van der Waals surface area contributed by atoms with Gasteiger partial charge in [0.2, 0.25) is 0 Å². The van der Waals surface area contributed by atoms with Gasteiger partial charge >= 0.3 is 0 Å². The van der Waals surface area contributed by atoms with Crippen LogP contribution in [0.5, 0.6) is 0 Å². The lowest BCUT2D eigenvalue weighted by molar-refractivity contribution is 0.0778. The fraction of sp³-hybridized carbons (Fsp3) is 0.346. The maximum Gasteiger partial charge on any atom is 0.137 e. The zero-order chi connectivity index (χ0) is 22.5. The summed E-state index contributed by atoms with van der Waals surface area (Å²) in [6.07, 6.45) is 7.85. The molecule has 4 atom stereocenters. The molecule has 6 nitrogen and oxygen atoms in total. The number of nitrogens with zero attached hydrogens (tertiary/aromatic N) is 2. The maximum atomic E-state index is 9.86. The van der Waals surface area contributed by atoms with E-state index in [1.165, 1.54) is 5.56 Å². The Balaban J connectivity index is 1.40. The molecule has 3 aromatic rings. The summed E-state index contributed by atoms with van der Waals surface area (Å²) >= 11 is 0. The van der Waals surface area contributed by atoms with Crippen molar-refractivity contribution in [3.63, 3.8) is 0 Å². The van der Waals surface area contributed by atoms with Crippen molar-refractivity contribution < 1.29 is 20.1 Å². The van der Waals surface area contributed by atoms with Gasteiger partial charge in [0.15, 0.2) is 0 Å². The van der Waals surface area contributed by atoms with Gasteiger partial charge in [-0.2, -0.15) is 0 Å². The number of ether oxygens (including phenoxy) is 1. The largest absolute Gasteiger partial charge is 0.394 e. The summed E-state index contributed by atoms with van der Waals surface area (Å²) in [6, 6.07) is 16.6. The number of benzene rings is 2. The van der Waals surface area contributed by atoms with Crippen LogP contribution >= 0.6 is 0 Å². The second kappa shape index (κ2) is 10.2. The number of hydrogen-bond acceptors (Lipinski definition) is 5. The molecule has 0 aliphatic heterocycles. The third-order valence-corrected chi connectivity index (χ3v) is 5.87. The third kappa shape index (κ3) is 5.16. The molecule has 0 radical (unpaired) electrons. The Morgan fingerprint density at radius 2 is 1.78 bits per heavy atom. The van der Waals surface area contributed by atoms with Crippen LogP contribution in [0.1, 0.15) is 48.4 Å². The van der Waals surface area contributed by atoms with E-state index in [4.69, 9.17) is 9.84 Å². The Labute approximate surface area is 188 Å². The van der Waals surface area contributed by atoms with Crippen LogP contribution in [0.3, 0.4) is 0 Å². The molecule has 6 heteroatoms. The number of hydrogen-bond donors (Lipinski definition) is 3. The molecule has 1 saturated carbocycles. The number of rotatable bonds is 10. The Morgan fingerprint density at radius 3 is 2.41 bits per heavy atom. The van der Waals surface area contributed by atoms with Gasteiger partial charge in [0.1, 0.15) is 11.9 Å². The molecule has 32 heavy (non-hydrogen) atoms. The quantitative estimate of drug-likeness (QED) is 0.453. The minimum absolute atomic E-state index is 0.0699. The smallest absolute Gasteiger partial charge is 0.137 e. The first-order valence-electron chi connectivity index (χ1n) is 11.0. The van der Waals surface area contributed by atoms with Crippen LogP contribution in [0.15, 0.2) is 67.0 Å². The molecule has 2 aromatic carbocycles. The lowest BCUT2D eigenvalue weighted by Gasteiger charge is -2.16. The average Bonchev–Trinajstić information content (AvgIpc) is 3.43. The Kier molecular flexibility index (Phi) is 7.17. The Bertz CT molecular complexity index is 1020. The zero-order valence-electron chi connectivity index (χ0n) is 18.2. The van der Waals surface area contributed by atoms with Crippen LogP contribution in [0.4, 0.5) is 0 Å². The first kappa shape index (κ1) is 22.4. The molecule has 1 aromatic heterocycles. The third-order valence-electron chi connectivity index (χ3n) is 5.87. The second-order valence-electron chi connectivity index (χ2n) is 8.20. The fourth-order valence-corrected chi connectivity index (χ4v) is 4.01. The van der Waals surface area contributed by atoms with Crippen molar-refractivity contribution in [1.82, 2.24) is 9.55 Å². The van der Waals surface area contributed by atoms with E-state index in [2.05, 4.69) is 53.5 Å². The highest BCUT2D eigenvalue weighted by molar-refractivity contribution is 5.66. The van der Waals surface area contributed by atoms with Crippen LogP contribution < -0.4 is 0 Å². The monoisotopic (exact) mass is 434 g/mol. The van der Waals surface area contributed by atoms with Gasteiger partial charge in [-0.1, -0.05) is 60.7 Å². The minimum atomic E-state index is -0.697. The summed E-state index contributed by atoms with van der Waals surface area (Å²) in [5, 5.41) is 28.5. The molecular formula is C26H30N2O4. The highest BCUT2D eigenvalue weighted by Gasteiger charge is 2.39. The van der Waals surface area contributed by atoms with Gasteiger partial charge in [-0.05, 0) is 35.6 Å². The Morgan fingerprint density at radius 1 is 1.09 bits per heavy atom. The summed E-state index contributed by atoms with van der Waals surface area (Å²) in [5.74, 6) is 0.970. The van der Waals surface area contributed by atoms with Gasteiger partial charge in [-0.25, -0.2) is 4.98 Å². The van der Waals surface area contributed by atoms with Crippen molar-refractivity contribution in [2.45, 2.75) is 37.5 Å². The molecule has 1 heterocycles. The maximum absolute atomic E-state index is 9.86. The van der Waals surface area contributed by atoms with Gasteiger partial charge in [0.25, 0.3) is 0 Å². The lowest BCUT2D eigenvalue weighted by Crippen LogP contribution is -2.14. The van der Waals surface area contributed by atoms with E-state index in [9.17, 15) is 10.2 Å². The van der Waals surface area contributed by atoms with Crippen molar-refractivity contribution in [1.29, 1.82) is 0 Å². The predicted octanol–water partition coefficient (Wildman–Crippen LogP) is 3.72. The predicted molar refractivity (Wildman–Crippen MR) is 124 cm³/mol. The molecule has 1 fully saturated rings. The van der Waals surface area contributed by atoms with Crippen LogP contribution in [0.2, 0.25) is 0 Å². The SMILES string of the molecule is CC(O)c1nccn1C(/C=C/c1ccc(-c2ccc([C@@H]3C[C@H]3OCCO)cc2)cc1)CO. The van der Waals surface area contributed by atoms with Crippen molar-refractivity contribution in [2.24, 2.45) is 0 Å². The van der Waals surface area contributed by atoms with Crippen LogP contribution in [-0.4, -0.2) is 50.8 Å². The zero-order valence-corrected chi connectivity index (χ0v) is 18.2. The minimum Gasteiger partial charge on any atom is -0.394 e. The van der Waals surface area contributed by atoms with E-state index in [0.717, 1.165) is 23.1 Å². The van der Waals surface area contributed by atoms with E-state index in [0.29, 0.717) is 18.3 Å². The lowest BCUT2D eigenvalue weighted by atomic mass is 10.0. The highest BCUT2D eigenvalue weighted by Crippen LogP contribution is 2.43. The van der Waals surface area contributed by atoms with Crippen LogP contribution in [0.25, 0.3) is 17.2 Å². The van der Waals surface area contributed by atoms with E-state index < -0.39 is 6.10 Å². The normalized spacial score (nSPS) is 19.9. The standard InChI is InChI=1S/C26H30N2O4/c1-18(31)26-27-12-13-28(26)23(17-30)11-4-19-2-5-20(6-3-19)21-7-9-22(10-8-21)24-16-25(24)32-15-14-29/h2-13,18,23-25,29-31H,14-17H2,1H3/b11-4+/t18?,23?,24-,25+/m0/s1. The van der Waals surface area contributed by atoms with Crippen molar-refractivity contribution in [3.8, 4) is 11.1 Å². The van der Waals surface area contributed by atoms with Gasteiger partial charge < -0.3 is 24.6 Å². The molecule has 4 rings (SSSR count). The summed E-state index contributed by atoms with van der Waals surface area (Å²) < 4.78 is 7.39. The van der Waals surface area contributed by atoms with Gasteiger partial charge in [0.05, 0.1) is 32.0 Å². The van der Waals surface area contributed by atoms with Gasteiger partial charge in [-0.15, -0.1) is 0 Å². The molecule has 0 spiro atoms. The number of aromatic nitrogens is 2. The van der Waals surface area contributed by atoms with Crippen LogP contribution in [0, 0.1) is 0 Å². The van der Waals surface area contributed by atoms with Crippen molar-refractivity contribution in [3.05, 3.63) is 84.0 Å². The molecule has 1 aliphatic rings. The second-order valence-corrected chi connectivity index (χ2v) is 8.20. The molecule has 168 valence electrons. The number of aliphatic hydroxyl groups is 3. The molecule has 2 unspecified atom stereocenters. The molecule has 0 bridgehead atoms. The first-order valence-corrected chi connectivity index (χ1v) is 11.0.